The van der Waals surface area contributed by atoms with E-state index in [0.717, 1.165) is 13.0 Å². The number of amides is 1. The second kappa shape index (κ2) is 7.10. The quantitative estimate of drug-likeness (QED) is 0.856. The summed E-state index contributed by atoms with van der Waals surface area (Å²) in [6.07, 6.45) is 1.47. The highest BCUT2D eigenvalue weighted by atomic mass is 32.1. The molecule has 0 saturated carbocycles. The van der Waals surface area contributed by atoms with Crippen molar-refractivity contribution in [2.24, 2.45) is 0 Å². The molecule has 2 aromatic rings. The largest absolute Gasteiger partial charge is 0.356 e. The number of carbonyl (C=O) groups excluding carboxylic acids is 1. The first-order valence-corrected chi connectivity index (χ1v) is 7.47. The number of thiophene rings is 1. The monoisotopic (exact) mass is 273 g/mol. The fourth-order valence-electron chi connectivity index (χ4n) is 2.03. The van der Waals surface area contributed by atoms with Gasteiger partial charge in [0.1, 0.15) is 0 Å². The summed E-state index contributed by atoms with van der Waals surface area (Å²) < 4.78 is 0. The van der Waals surface area contributed by atoms with Crippen LogP contribution in [0.2, 0.25) is 0 Å². The number of rotatable bonds is 6. The molecular formula is C16H19NOS. The molecule has 3 heteroatoms. The van der Waals surface area contributed by atoms with Crippen LogP contribution in [-0.2, 0) is 11.2 Å². The molecule has 2 rings (SSSR count). The van der Waals surface area contributed by atoms with Gasteiger partial charge in [0.15, 0.2) is 0 Å². The third kappa shape index (κ3) is 4.52. The van der Waals surface area contributed by atoms with E-state index in [0.29, 0.717) is 6.42 Å². The topological polar surface area (TPSA) is 29.1 Å². The number of hydrogen-bond acceptors (Lipinski definition) is 2. The van der Waals surface area contributed by atoms with Gasteiger partial charge in [-0.25, -0.2) is 0 Å². The maximum Gasteiger partial charge on any atom is 0.220 e. The molecule has 0 aliphatic carbocycles. The van der Waals surface area contributed by atoms with Gasteiger partial charge < -0.3 is 5.32 Å². The molecule has 19 heavy (non-hydrogen) atoms. The van der Waals surface area contributed by atoms with Crippen LogP contribution < -0.4 is 5.32 Å². The third-order valence-electron chi connectivity index (χ3n) is 3.13. The van der Waals surface area contributed by atoms with Crippen molar-refractivity contribution in [3.63, 3.8) is 0 Å². The first kappa shape index (κ1) is 13.8. The lowest BCUT2D eigenvalue weighted by Gasteiger charge is -2.11. The molecule has 2 nitrogen and oxygen atoms in total. The van der Waals surface area contributed by atoms with Crippen LogP contribution in [-0.4, -0.2) is 12.5 Å². The van der Waals surface area contributed by atoms with Gasteiger partial charge in [-0.15, -0.1) is 11.3 Å². The van der Waals surface area contributed by atoms with Gasteiger partial charge >= 0.3 is 0 Å². The van der Waals surface area contributed by atoms with E-state index >= 15 is 0 Å². The molecule has 0 saturated heterocycles. The second-order valence-corrected chi connectivity index (χ2v) is 5.73. The van der Waals surface area contributed by atoms with Crippen molar-refractivity contribution in [3.05, 3.63) is 58.3 Å². The molecule has 1 aromatic carbocycles. The SMILES string of the molecule is CC(CC(=O)NCCc1cccs1)c1ccccc1. The van der Waals surface area contributed by atoms with E-state index in [1.165, 1.54) is 10.4 Å². The van der Waals surface area contributed by atoms with E-state index in [1.54, 1.807) is 11.3 Å². The molecule has 0 fully saturated rings. The summed E-state index contributed by atoms with van der Waals surface area (Å²) in [7, 11) is 0. The first-order valence-electron chi connectivity index (χ1n) is 6.59. The van der Waals surface area contributed by atoms with Gasteiger partial charge in [-0.2, -0.15) is 0 Å². The van der Waals surface area contributed by atoms with E-state index in [1.807, 2.05) is 24.3 Å². The normalized spacial score (nSPS) is 12.1. The van der Waals surface area contributed by atoms with Crippen molar-refractivity contribution in [2.45, 2.75) is 25.7 Å². The van der Waals surface area contributed by atoms with Crippen molar-refractivity contribution in [2.75, 3.05) is 6.54 Å². The predicted octanol–water partition coefficient (Wildman–Crippen LogP) is 3.60. The zero-order chi connectivity index (χ0) is 13.5. The highest BCUT2D eigenvalue weighted by molar-refractivity contribution is 7.09. The number of hydrogen-bond donors (Lipinski definition) is 1. The smallest absolute Gasteiger partial charge is 0.220 e. The third-order valence-corrected chi connectivity index (χ3v) is 4.07. The van der Waals surface area contributed by atoms with Crippen molar-refractivity contribution >= 4 is 17.2 Å². The van der Waals surface area contributed by atoms with E-state index in [4.69, 9.17) is 0 Å². The Hall–Kier alpha value is -1.61. The van der Waals surface area contributed by atoms with Gasteiger partial charge in [-0.1, -0.05) is 43.3 Å². The van der Waals surface area contributed by atoms with Gasteiger partial charge in [0, 0.05) is 17.8 Å². The Morgan fingerprint density at radius 2 is 2.00 bits per heavy atom. The summed E-state index contributed by atoms with van der Waals surface area (Å²) in [5.74, 6) is 0.399. The Balaban J connectivity index is 1.72. The van der Waals surface area contributed by atoms with Gasteiger partial charge in [0.2, 0.25) is 5.91 Å². The molecular weight excluding hydrogens is 254 g/mol. The van der Waals surface area contributed by atoms with Gasteiger partial charge in [0.05, 0.1) is 0 Å². The zero-order valence-electron chi connectivity index (χ0n) is 11.1. The first-order chi connectivity index (χ1) is 9.25. The molecule has 0 aliphatic heterocycles. The molecule has 1 N–H and O–H groups in total. The lowest BCUT2D eigenvalue weighted by Crippen LogP contribution is -2.26. The summed E-state index contributed by atoms with van der Waals surface area (Å²) in [6.45, 7) is 2.81. The Morgan fingerprint density at radius 3 is 2.68 bits per heavy atom. The van der Waals surface area contributed by atoms with Crippen LogP contribution in [0.5, 0.6) is 0 Å². The van der Waals surface area contributed by atoms with Crippen LogP contribution in [0.25, 0.3) is 0 Å². The van der Waals surface area contributed by atoms with Crippen molar-refractivity contribution < 1.29 is 4.79 Å². The second-order valence-electron chi connectivity index (χ2n) is 4.70. The average Bonchev–Trinajstić information content (AvgIpc) is 2.93. The molecule has 1 atom stereocenters. The standard InChI is InChI=1S/C16H19NOS/c1-13(14-6-3-2-4-7-14)12-16(18)17-10-9-15-8-5-11-19-15/h2-8,11,13H,9-10,12H2,1H3,(H,17,18). The summed E-state index contributed by atoms with van der Waals surface area (Å²) >= 11 is 1.73. The Morgan fingerprint density at radius 1 is 1.21 bits per heavy atom. The molecule has 0 aliphatic rings. The molecule has 100 valence electrons. The van der Waals surface area contributed by atoms with Crippen LogP contribution in [0.1, 0.15) is 29.7 Å². The van der Waals surface area contributed by atoms with E-state index < -0.39 is 0 Å². The fourth-order valence-corrected chi connectivity index (χ4v) is 2.74. The van der Waals surface area contributed by atoms with E-state index in [9.17, 15) is 4.79 Å². The molecule has 1 amide bonds. The minimum absolute atomic E-state index is 0.132. The summed E-state index contributed by atoms with van der Waals surface area (Å²) in [6, 6.07) is 14.3. The molecule has 1 unspecified atom stereocenters. The lowest BCUT2D eigenvalue weighted by atomic mass is 9.97. The van der Waals surface area contributed by atoms with Gasteiger partial charge in [0.25, 0.3) is 0 Å². The Labute approximate surface area is 118 Å². The molecule has 0 bridgehead atoms. The Bertz CT molecular complexity index is 493. The van der Waals surface area contributed by atoms with Crippen LogP contribution >= 0.6 is 11.3 Å². The molecule has 0 radical (unpaired) electrons. The van der Waals surface area contributed by atoms with Crippen LogP contribution in [0, 0.1) is 0 Å². The number of nitrogens with one attached hydrogen (secondary N) is 1. The highest BCUT2D eigenvalue weighted by Gasteiger charge is 2.10. The zero-order valence-corrected chi connectivity index (χ0v) is 12.0. The number of carbonyl (C=O) groups is 1. The lowest BCUT2D eigenvalue weighted by molar-refractivity contribution is -0.121. The average molecular weight is 273 g/mol. The molecule has 0 spiro atoms. The van der Waals surface area contributed by atoms with Crippen LogP contribution in [0.15, 0.2) is 47.8 Å². The molecule has 1 aromatic heterocycles. The van der Waals surface area contributed by atoms with Crippen molar-refractivity contribution in [1.29, 1.82) is 0 Å². The minimum atomic E-state index is 0.132. The van der Waals surface area contributed by atoms with Crippen LogP contribution in [0.3, 0.4) is 0 Å². The maximum atomic E-state index is 11.8. The molecule has 1 heterocycles. The Kier molecular flexibility index (Phi) is 5.16. The van der Waals surface area contributed by atoms with Crippen LogP contribution in [0.4, 0.5) is 0 Å². The summed E-state index contributed by atoms with van der Waals surface area (Å²) in [5, 5.41) is 5.05. The van der Waals surface area contributed by atoms with Crippen molar-refractivity contribution in [1.82, 2.24) is 5.32 Å². The highest BCUT2D eigenvalue weighted by Crippen LogP contribution is 2.18. The minimum Gasteiger partial charge on any atom is -0.356 e. The summed E-state index contributed by atoms with van der Waals surface area (Å²) in [4.78, 5) is 13.2. The van der Waals surface area contributed by atoms with Gasteiger partial charge in [-0.3, -0.25) is 4.79 Å². The fraction of sp³-hybridized carbons (Fsp3) is 0.312. The predicted molar refractivity (Wildman–Crippen MR) is 80.5 cm³/mol. The van der Waals surface area contributed by atoms with E-state index in [-0.39, 0.29) is 11.8 Å². The van der Waals surface area contributed by atoms with E-state index in [2.05, 4.69) is 35.8 Å². The maximum absolute atomic E-state index is 11.8. The van der Waals surface area contributed by atoms with Crippen molar-refractivity contribution in [3.8, 4) is 0 Å². The number of benzene rings is 1. The van der Waals surface area contributed by atoms with Gasteiger partial charge in [-0.05, 0) is 29.3 Å². The summed E-state index contributed by atoms with van der Waals surface area (Å²) in [5.41, 5.74) is 1.22.